The maximum atomic E-state index is 11.4. The van der Waals surface area contributed by atoms with Gasteiger partial charge in [0.1, 0.15) is 0 Å². The number of hydrogen-bond acceptors (Lipinski definition) is 1. The van der Waals surface area contributed by atoms with Gasteiger partial charge < -0.3 is 0 Å². The van der Waals surface area contributed by atoms with Gasteiger partial charge in [0.2, 0.25) is 0 Å². The first-order valence-corrected chi connectivity index (χ1v) is 5.27. The second-order valence-electron chi connectivity index (χ2n) is 3.98. The van der Waals surface area contributed by atoms with Crippen LogP contribution in [-0.4, -0.2) is 10.8 Å². The fourth-order valence-corrected chi connectivity index (χ4v) is 1.31. The summed E-state index contributed by atoms with van der Waals surface area (Å²) >= 11 is 0. The molecule has 1 heterocycles. The van der Waals surface area contributed by atoms with E-state index in [9.17, 15) is 4.79 Å². The van der Waals surface area contributed by atoms with Crippen molar-refractivity contribution in [2.75, 3.05) is 0 Å². The normalized spacial score (nSPS) is 16.3. The van der Waals surface area contributed by atoms with Crippen LogP contribution in [-0.2, 0) is 4.79 Å². The van der Waals surface area contributed by atoms with Crippen molar-refractivity contribution >= 4 is 5.91 Å². The van der Waals surface area contributed by atoms with E-state index >= 15 is 0 Å². The third-order valence-electron chi connectivity index (χ3n) is 2.11. The molecule has 0 radical (unpaired) electrons. The second-order valence-corrected chi connectivity index (χ2v) is 3.98. The van der Waals surface area contributed by atoms with Gasteiger partial charge in [0, 0.05) is 17.5 Å². The molecule has 0 unspecified atom stereocenters. The minimum Gasteiger partial charge on any atom is -0.279 e. The smallest absolute Gasteiger partial charge is 0.255 e. The summed E-state index contributed by atoms with van der Waals surface area (Å²) < 4.78 is 0. The average Bonchev–Trinajstić information content (AvgIpc) is 2.53. The molecule has 0 fully saturated rings. The Hall–Kier alpha value is -1.83. The van der Waals surface area contributed by atoms with Crippen LogP contribution >= 0.6 is 0 Å². The molecule has 0 spiro atoms. The summed E-state index contributed by atoms with van der Waals surface area (Å²) in [5.74, 6) is 0.426. The van der Waals surface area contributed by atoms with Gasteiger partial charge in [0.15, 0.2) is 0 Å². The van der Waals surface area contributed by atoms with Crippen LogP contribution in [0.3, 0.4) is 0 Å². The summed E-state index contributed by atoms with van der Waals surface area (Å²) in [5, 5.41) is 0. The topological polar surface area (TPSA) is 20.3 Å². The summed E-state index contributed by atoms with van der Waals surface area (Å²) in [6.45, 7) is 11.8. The van der Waals surface area contributed by atoms with Crippen molar-refractivity contribution in [1.82, 2.24) is 4.90 Å². The van der Waals surface area contributed by atoms with Crippen molar-refractivity contribution in [3.63, 3.8) is 0 Å². The van der Waals surface area contributed by atoms with Gasteiger partial charge in [-0.15, -0.1) is 0 Å². The molecule has 1 aliphatic heterocycles. The predicted octanol–water partition coefficient (Wildman–Crippen LogP) is 3.18. The lowest BCUT2D eigenvalue weighted by Gasteiger charge is -2.16. The van der Waals surface area contributed by atoms with E-state index in [-0.39, 0.29) is 5.91 Å². The molecule has 1 rings (SSSR count). The standard InChI is InChI=1S/C14H17NO/c1-11(2)7-5-6-8-12(3)15-13(4)9-10-14(15)16/h5-11H,3-4H2,1-2H3/b7-5+,8-6-. The average molecular weight is 215 g/mol. The van der Waals surface area contributed by atoms with E-state index in [0.29, 0.717) is 17.3 Å². The second kappa shape index (κ2) is 5.31. The molecule has 0 aromatic rings. The molecule has 84 valence electrons. The van der Waals surface area contributed by atoms with Gasteiger partial charge in [-0.3, -0.25) is 9.69 Å². The Balaban J connectivity index is 2.60. The van der Waals surface area contributed by atoms with Crippen LogP contribution in [0.1, 0.15) is 13.8 Å². The summed E-state index contributed by atoms with van der Waals surface area (Å²) in [7, 11) is 0. The van der Waals surface area contributed by atoms with E-state index < -0.39 is 0 Å². The largest absolute Gasteiger partial charge is 0.279 e. The van der Waals surface area contributed by atoms with Gasteiger partial charge in [-0.05, 0) is 18.1 Å². The zero-order valence-corrected chi connectivity index (χ0v) is 9.81. The van der Waals surface area contributed by atoms with Gasteiger partial charge in [0.05, 0.1) is 0 Å². The number of rotatable bonds is 4. The molecule has 0 atom stereocenters. The monoisotopic (exact) mass is 215 g/mol. The number of hydrogen-bond donors (Lipinski definition) is 0. The lowest BCUT2D eigenvalue weighted by atomic mass is 10.2. The predicted molar refractivity (Wildman–Crippen MR) is 67.4 cm³/mol. The Morgan fingerprint density at radius 3 is 2.56 bits per heavy atom. The van der Waals surface area contributed by atoms with Crippen LogP contribution in [0, 0.1) is 5.92 Å². The molecule has 0 bridgehead atoms. The third kappa shape index (κ3) is 3.09. The van der Waals surface area contributed by atoms with Gasteiger partial charge in [0.25, 0.3) is 5.91 Å². The highest BCUT2D eigenvalue weighted by molar-refractivity contribution is 5.94. The Bertz CT molecular complexity index is 379. The lowest BCUT2D eigenvalue weighted by Crippen LogP contribution is -2.21. The van der Waals surface area contributed by atoms with Gasteiger partial charge in [-0.2, -0.15) is 0 Å². The molecule has 0 saturated heterocycles. The number of carbonyl (C=O) groups is 1. The SMILES string of the molecule is C=C1C=CC(=O)N1C(=C)/C=C\C=C\C(C)C. The summed E-state index contributed by atoms with van der Waals surface area (Å²) in [5.41, 5.74) is 1.29. The molecule has 0 aromatic heterocycles. The lowest BCUT2D eigenvalue weighted by molar-refractivity contribution is -0.121. The minimum absolute atomic E-state index is 0.0903. The van der Waals surface area contributed by atoms with Crippen LogP contribution in [0.15, 0.2) is 61.0 Å². The Morgan fingerprint density at radius 2 is 2.06 bits per heavy atom. The fraction of sp³-hybridized carbons (Fsp3) is 0.214. The van der Waals surface area contributed by atoms with Crippen molar-refractivity contribution in [1.29, 1.82) is 0 Å². The molecule has 1 amide bonds. The van der Waals surface area contributed by atoms with Crippen LogP contribution in [0.5, 0.6) is 0 Å². The van der Waals surface area contributed by atoms with Crippen LogP contribution in [0.2, 0.25) is 0 Å². The van der Waals surface area contributed by atoms with E-state index in [2.05, 4.69) is 33.1 Å². The molecule has 0 N–H and O–H groups in total. The zero-order chi connectivity index (χ0) is 12.1. The molecule has 0 aromatic carbocycles. The maximum absolute atomic E-state index is 11.4. The van der Waals surface area contributed by atoms with E-state index in [1.165, 1.54) is 11.0 Å². The van der Waals surface area contributed by atoms with Crippen molar-refractivity contribution in [2.45, 2.75) is 13.8 Å². The Kier molecular flexibility index (Phi) is 4.06. The van der Waals surface area contributed by atoms with Crippen LogP contribution in [0.4, 0.5) is 0 Å². The number of nitrogens with zero attached hydrogens (tertiary/aromatic N) is 1. The Labute approximate surface area is 97.0 Å². The first-order valence-electron chi connectivity index (χ1n) is 5.27. The fourth-order valence-electron chi connectivity index (χ4n) is 1.31. The Morgan fingerprint density at radius 1 is 1.38 bits per heavy atom. The number of amides is 1. The van der Waals surface area contributed by atoms with Gasteiger partial charge in [-0.25, -0.2) is 0 Å². The van der Waals surface area contributed by atoms with Crippen molar-refractivity contribution in [2.24, 2.45) is 5.92 Å². The summed E-state index contributed by atoms with van der Waals surface area (Å²) in [6.07, 6.45) is 10.9. The van der Waals surface area contributed by atoms with Gasteiger partial charge >= 0.3 is 0 Å². The highest BCUT2D eigenvalue weighted by Gasteiger charge is 2.19. The summed E-state index contributed by atoms with van der Waals surface area (Å²) in [4.78, 5) is 12.9. The highest BCUT2D eigenvalue weighted by Crippen LogP contribution is 2.18. The first-order chi connectivity index (χ1) is 7.52. The van der Waals surface area contributed by atoms with Crippen molar-refractivity contribution < 1.29 is 4.79 Å². The number of allylic oxidation sites excluding steroid dienone is 5. The van der Waals surface area contributed by atoms with Crippen LogP contribution < -0.4 is 0 Å². The first kappa shape index (κ1) is 12.2. The van der Waals surface area contributed by atoms with E-state index in [1.54, 1.807) is 12.2 Å². The molecule has 2 nitrogen and oxygen atoms in total. The zero-order valence-electron chi connectivity index (χ0n) is 9.81. The maximum Gasteiger partial charge on any atom is 0.255 e. The van der Waals surface area contributed by atoms with Gasteiger partial charge in [-0.1, -0.05) is 45.2 Å². The molecular formula is C14H17NO. The quantitative estimate of drug-likeness (QED) is 0.659. The molecular weight excluding hydrogens is 198 g/mol. The third-order valence-corrected chi connectivity index (χ3v) is 2.11. The minimum atomic E-state index is -0.0903. The van der Waals surface area contributed by atoms with Crippen molar-refractivity contribution in [3.05, 3.63) is 61.0 Å². The summed E-state index contributed by atoms with van der Waals surface area (Å²) in [6, 6.07) is 0. The number of carbonyl (C=O) groups excluding carboxylic acids is 1. The molecule has 0 saturated carbocycles. The molecule has 1 aliphatic rings. The van der Waals surface area contributed by atoms with E-state index in [1.807, 2.05) is 12.2 Å². The van der Waals surface area contributed by atoms with E-state index in [0.717, 1.165) is 0 Å². The van der Waals surface area contributed by atoms with E-state index in [4.69, 9.17) is 0 Å². The molecule has 16 heavy (non-hydrogen) atoms. The molecule has 2 heteroatoms. The highest BCUT2D eigenvalue weighted by atomic mass is 16.2. The van der Waals surface area contributed by atoms with Crippen LogP contribution in [0.25, 0.3) is 0 Å². The van der Waals surface area contributed by atoms with Crippen molar-refractivity contribution in [3.8, 4) is 0 Å². The molecule has 0 aliphatic carbocycles.